The van der Waals surface area contributed by atoms with Gasteiger partial charge in [-0.15, -0.1) is 0 Å². The van der Waals surface area contributed by atoms with Crippen LogP contribution in [0.2, 0.25) is 0 Å². The molecule has 5 nitrogen and oxygen atoms in total. The number of carbonyl (C=O) groups excluding carboxylic acids is 1. The predicted molar refractivity (Wildman–Crippen MR) is 145 cm³/mol. The van der Waals surface area contributed by atoms with Gasteiger partial charge in [0.15, 0.2) is 0 Å². The van der Waals surface area contributed by atoms with Gasteiger partial charge in [0, 0.05) is 50.5 Å². The van der Waals surface area contributed by atoms with Crippen molar-refractivity contribution in [1.29, 1.82) is 0 Å². The van der Waals surface area contributed by atoms with Crippen LogP contribution in [0.5, 0.6) is 0 Å². The van der Waals surface area contributed by atoms with Crippen LogP contribution in [0.1, 0.15) is 50.3 Å². The molecule has 5 heteroatoms. The summed E-state index contributed by atoms with van der Waals surface area (Å²) in [6.45, 7) is 8.85. The van der Waals surface area contributed by atoms with Crippen LogP contribution in [0.25, 0.3) is 0 Å². The maximum Gasteiger partial charge on any atom is 0.311 e. The van der Waals surface area contributed by atoms with Crippen molar-refractivity contribution >= 4 is 5.97 Å². The van der Waals surface area contributed by atoms with E-state index >= 15 is 0 Å². The third kappa shape index (κ3) is 4.35. The molecule has 2 aromatic rings. The fraction of sp³-hybridized carbons (Fsp3) is 0.531. The Bertz CT molecular complexity index is 1090. The van der Waals surface area contributed by atoms with Crippen molar-refractivity contribution in [3.8, 4) is 0 Å². The van der Waals surface area contributed by atoms with E-state index in [-0.39, 0.29) is 35.4 Å². The fourth-order valence-corrected chi connectivity index (χ4v) is 7.64. The molecule has 0 bridgehead atoms. The van der Waals surface area contributed by atoms with Crippen molar-refractivity contribution in [1.82, 2.24) is 9.80 Å². The van der Waals surface area contributed by atoms with Crippen LogP contribution in [0.4, 0.5) is 0 Å². The lowest BCUT2D eigenvalue weighted by molar-refractivity contribution is -0.145. The van der Waals surface area contributed by atoms with E-state index < -0.39 is 6.10 Å². The second-order valence-electron chi connectivity index (χ2n) is 11.9. The minimum atomic E-state index is -0.536. The van der Waals surface area contributed by atoms with E-state index in [1.54, 1.807) is 0 Å². The van der Waals surface area contributed by atoms with Crippen LogP contribution in [-0.4, -0.2) is 65.8 Å². The fourth-order valence-electron chi connectivity index (χ4n) is 7.64. The first-order valence-electron chi connectivity index (χ1n) is 14.1. The summed E-state index contributed by atoms with van der Waals surface area (Å²) in [6.07, 6.45) is 4.53. The van der Waals surface area contributed by atoms with Gasteiger partial charge in [-0.25, -0.2) is 0 Å². The Kier molecular flexibility index (Phi) is 6.72. The molecule has 3 fully saturated rings. The molecule has 1 N–H and O–H groups in total. The standard InChI is InChI=1S/C32H40N2O3/c1-22-10-9-15-25-20-27-28(30(35)32(22,25)2)26(31(36)37-27)21-33-16-18-34(19-17-33)29(23-11-5-3-6-12-23)24-13-7-4-8-14-24/h3-8,11-15,22,26-30,35H,9-10,16-21H2,1-2H3/t22-,26+,27+,28+,30-,32+/m0/s1. The van der Waals surface area contributed by atoms with Crippen LogP contribution in [0.15, 0.2) is 72.3 Å². The van der Waals surface area contributed by atoms with Crippen molar-refractivity contribution in [2.75, 3.05) is 32.7 Å². The lowest BCUT2D eigenvalue weighted by atomic mass is 9.55. The molecular formula is C32H40N2O3. The molecule has 2 aliphatic heterocycles. The van der Waals surface area contributed by atoms with E-state index in [0.717, 1.165) is 45.4 Å². The number of aliphatic hydroxyl groups is 1. The molecule has 2 heterocycles. The number of carbonyl (C=O) groups is 1. The summed E-state index contributed by atoms with van der Waals surface area (Å²) in [7, 11) is 0. The number of allylic oxidation sites excluding steroid dienone is 1. The number of esters is 1. The van der Waals surface area contributed by atoms with Gasteiger partial charge < -0.3 is 9.84 Å². The average Bonchev–Trinajstić information content (AvgIpc) is 3.23. The zero-order valence-corrected chi connectivity index (χ0v) is 22.1. The van der Waals surface area contributed by atoms with Crippen LogP contribution in [0, 0.1) is 23.2 Å². The highest BCUT2D eigenvalue weighted by Crippen LogP contribution is 2.56. The second-order valence-corrected chi connectivity index (χ2v) is 11.9. The molecule has 0 spiro atoms. The molecule has 4 aliphatic rings. The van der Waals surface area contributed by atoms with Crippen molar-refractivity contribution in [3.05, 3.63) is 83.4 Å². The highest BCUT2D eigenvalue weighted by Gasteiger charge is 2.59. The van der Waals surface area contributed by atoms with Crippen molar-refractivity contribution in [2.45, 2.75) is 51.4 Å². The molecule has 196 valence electrons. The minimum Gasteiger partial charge on any atom is -0.461 e. The summed E-state index contributed by atoms with van der Waals surface area (Å²) >= 11 is 0. The monoisotopic (exact) mass is 500 g/mol. The van der Waals surface area contributed by atoms with E-state index in [4.69, 9.17) is 4.74 Å². The molecule has 6 rings (SSSR count). The number of ether oxygens (including phenoxy) is 1. The third-order valence-corrected chi connectivity index (χ3v) is 10.0. The van der Waals surface area contributed by atoms with Crippen molar-refractivity contribution in [3.63, 3.8) is 0 Å². The Balaban J connectivity index is 1.16. The first-order chi connectivity index (χ1) is 18.0. The van der Waals surface area contributed by atoms with Gasteiger partial charge in [0.25, 0.3) is 0 Å². The number of benzene rings is 2. The number of hydrogen-bond donors (Lipinski definition) is 1. The maximum atomic E-state index is 13.1. The van der Waals surface area contributed by atoms with E-state index in [9.17, 15) is 9.90 Å². The Hall–Kier alpha value is -2.47. The topological polar surface area (TPSA) is 53.0 Å². The van der Waals surface area contributed by atoms with Gasteiger partial charge >= 0.3 is 5.97 Å². The van der Waals surface area contributed by atoms with Gasteiger partial charge in [0.2, 0.25) is 0 Å². The van der Waals surface area contributed by atoms with E-state index in [0.29, 0.717) is 12.5 Å². The van der Waals surface area contributed by atoms with Crippen LogP contribution < -0.4 is 0 Å². The van der Waals surface area contributed by atoms with Crippen molar-refractivity contribution in [2.24, 2.45) is 23.2 Å². The third-order valence-electron chi connectivity index (χ3n) is 10.0. The molecule has 0 radical (unpaired) electrons. The van der Waals surface area contributed by atoms with E-state index in [1.807, 2.05) is 0 Å². The highest BCUT2D eigenvalue weighted by atomic mass is 16.6. The second kappa shape index (κ2) is 10.0. The van der Waals surface area contributed by atoms with Gasteiger partial charge in [-0.2, -0.15) is 0 Å². The molecule has 2 saturated heterocycles. The average molecular weight is 501 g/mol. The molecule has 0 aromatic heterocycles. The Labute approximate surface area is 221 Å². The van der Waals surface area contributed by atoms with Gasteiger partial charge in [-0.1, -0.05) is 86.2 Å². The highest BCUT2D eigenvalue weighted by molar-refractivity contribution is 5.76. The molecule has 0 unspecified atom stereocenters. The summed E-state index contributed by atoms with van der Waals surface area (Å²) in [4.78, 5) is 18.1. The SMILES string of the molecule is C[C@H]1CCC=C2C[C@H]3OC(=O)[C@H](CN4CCN(C(c5ccccc5)c5ccccc5)CC4)[C@H]3[C@H](O)[C@@]21C. The zero-order valence-electron chi connectivity index (χ0n) is 22.1. The zero-order chi connectivity index (χ0) is 25.6. The molecule has 1 saturated carbocycles. The number of nitrogens with zero attached hydrogens (tertiary/aromatic N) is 2. The number of hydrogen-bond acceptors (Lipinski definition) is 5. The van der Waals surface area contributed by atoms with Gasteiger partial charge in [-0.05, 0) is 29.9 Å². The minimum absolute atomic E-state index is 0.113. The Morgan fingerprint density at radius 2 is 1.62 bits per heavy atom. The van der Waals surface area contributed by atoms with E-state index in [2.05, 4.69) is 90.4 Å². The van der Waals surface area contributed by atoms with Crippen LogP contribution >= 0.6 is 0 Å². The molecular weight excluding hydrogens is 460 g/mol. The summed E-state index contributed by atoms with van der Waals surface area (Å²) in [5.41, 5.74) is 3.68. The summed E-state index contributed by atoms with van der Waals surface area (Å²) in [6, 6.07) is 21.7. The van der Waals surface area contributed by atoms with Crippen molar-refractivity contribution < 1.29 is 14.6 Å². The summed E-state index contributed by atoms with van der Waals surface area (Å²) in [5.74, 6) is -0.0672. The van der Waals surface area contributed by atoms with Crippen LogP contribution in [-0.2, 0) is 9.53 Å². The molecule has 37 heavy (non-hydrogen) atoms. The normalized spacial score (nSPS) is 34.5. The Morgan fingerprint density at radius 1 is 1.00 bits per heavy atom. The smallest absolute Gasteiger partial charge is 0.311 e. The van der Waals surface area contributed by atoms with Gasteiger partial charge in [-0.3, -0.25) is 14.6 Å². The van der Waals surface area contributed by atoms with E-state index in [1.165, 1.54) is 16.7 Å². The number of rotatable bonds is 5. The predicted octanol–water partition coefficient (Wildman–Crippen LogP) is 4.68. The largest absolute Gasteiger partial charge is 0.461 e. The first kappa shape index (κ1) is 24.8. The van der Waals surface area contributed by atoms with Crippen LogP contribution in [0.3, 0.4) is 0 Å². The molecule has 2 aromatic carbocycles. The first-order valence-corrected chi connectivity index (χ1v) is 14.1. The molecule has 6 atom stereocenters. The molecule has 0 amide bonds. The quantitative estimate of drug-likeness (QED) is 0.477. The number of piperazine rings is 1. The maximum absolute atomic E-state index is 13.1. The number of fused-ring (bicyclic) bond motifs is 2. The van der Waals surface area contributed by atoms with Gasteiger partial charge in [0.1, 0.15) is 6.10 Å². The lowest BCUT2D eigenvalue weighted by Gasteiger charge is -2.52. The molecule has 2 aliphatic carbocycles. The van der Waals surface area contributed by atoms with Gasteiger partial charge in [0.05, 0.1) is 18.1 Å². The summed E-state index contributed by atoms with van der Waals surface area (Å²) in [5, 5.41) is 11.7. The Morgan fingerprint density at radius 3 is 2.24 bits per heavy atom. The number of aliphatic hydroxyl groups excluding tert-OH is 1. The lowest BCUT2D eigenvalue weighted by Crippen LogP contribution is -2.55. The summed E-state index contributed by atoms with van der Waals surface area (Å²) < 4.78 is 5.92.